The van der Waals surface area contributed by atoms with Crippen LogP contribution >= 0.6 is 24.0 Å². The summed E-state index contributed by atoms with van der Waals surface area (Å²) in [5.41, 5.74) is 2.54. The van der Waals surface area contributed by atoms with E-state index in [0.29, 0.717) is 0 Å². The molecule has 0 fully saturated rings. The van der Waals surface area contributed by atoms with Crippen LogP contribution in [0.2, 0.25) is 0 Å². The molecule has 0 saturated carbocycles. The zero-order chi connectivity index (χ0) is 17.0. The number of nitrogens with one attached hydrogen (secondary N) is 2. The Morgan fingerprint density at radius 3 is 2.72 bits per heavy atom. The molecule has 0 aliphatic carbocycles. The van der Waals surface area contributed by atoms with Crippen LogP contribution in [0.4, 0.5) is 5.69 Å². The third kappa shape index (κ3) is 8.09. The molecule has 140 valence electrons. The van der Waals surface area contributed by atoms with Gasteiger partial charge in [-0.1, -0.05) is 24.3 Å². The van der Waals surface area contributed by atoms with Crippen LogP contribution in [0.3, 0.4) is 0 Å². The molecule has 25 heavy (non-hydrogen) atoms. The van der Waals surface area contributed by atoms with E-state index in [0.717, 1.165) is 58.2 Å². The fourth-order valence-electron chi connectivity index (χ4n) is 2.64. The summed E-state index contributed by atoms with van der Waals surface area (Å²) >= 11 is 0. The summed E-state index contributed by atoms with van der Waals surface area (Å²) in [6.45, 7) is 7.34. The topological polar surface area (TPSA) is 48.9 Å². The van der Waals surface area contributed by atoms with Gasteiger partial charge in [-0.25, -0.2) is 0 Å². The number of hydrogen-bond acceptors (Lipinski definition) is 3. The molecule has 2 N–H and O–H groups in total. The molecule has 1 heterocycles. The SMILES string of the molecule is CCOCCCCNC(=NC)NCc1cccc(N2CC=CC2)c1.I. The van der Waals surface area contributed by atoms with Crippen LogP contribution in [-0.2, 0) is 11.3 Å². The minimum Gasteiger partial charge on any atom is -0.382 e. The molecule has 1 aliphatic heterocycles. The van der Waals surface area contributed by atoms with Gasteiger partial charge in [-0.2, -0.15) is 0 Å². The Morgan fingerprint density at radius 2 is 2.00 bits per heavy atom. The first kappa shape index (κ1) is 21.8. The van der Waals surface area contributed by atoms with Crippen molar-refractivity contribution in [1.29, 1.82) is 0 Å². The fourth-order valence-corrected chi connectivity index (χ4v) is 2.64. The number of benzene rings is 1. The van der Waals surface area contributed by atoms with E-state index in [1.54, 1.807) is 0 Å². The van der Waals surface area contributed by atoms with Crippen LogP contribution in [0.1, 0.15) is 25.3 Å². The highest BCUT2D eigenvalue weighted by Gasteiger charge is 2.08. The predicted molar refractivity (Wildman–Crippen MR) is 117 cm³/mol. The summed E-state index contributed by atoms with van der Waals surface area (Å²) in [5.74, 6) is 0.847. The quantitative estimate of drug-likeness (QED) is 0.196. The Bertz CT molecular complexity index is 540. The summed E-state index contributed by atoms with van der Waals surface area (Å²) in [6.07, 6.45) is 6.58. The fraction of sp³-hybridized carbons (Fsp3) is 0.526. The average Bonchev–Trinajstić information content (AvgIpc) is 3.15. The van der Waals surface area contributed by atoms with E-state index >= 15 is 0 Å². The highest BCUT2D eigenvalue weighted by Crippen LogP contribution is 2.18. The van der Waals surface area contributed by atoms with Gasteiger partial charge in [0.25, 0.3) is 0 Å². The summed E-state index contributed by atoms with van der Waals surface area (Å²) in [7, 11) is 1.81. The minimum atomic E-state index is 0. The lowest BCUT2D eigenvalue weighted by Crippen LogP contribution is -2.37. The Hall–Kier alpha value is -1.28. The summed E-state index contributed by atoms with van der Waals surface area (Å²) in [5, 5.41) is 6.73. The molecule has 0 atom stereocenters. The zero-order valence-electron chi connectivity index (χ0n) is 15.3. The Labute approximate surface area is 168 Å². The molecule has 0 amide bonds. The van der Waals surface area contributed by atoms with Gasteiger partial charge in [0.15, 0.2) is 5.96 Å². The van der Waals surface area contributed by atoms with Crippen LogP contribution in [0.25, 0.3) is 0 Å². The maximum atomic E-state index is 5.34. The van der Waals surface area contributed by atoms with E-state index in [-0.39, 0.29) is 24.0 Å². The van der Waals surface area contributed by atoms with Gasteiger partial charge >= 0.3 is 0 Å². The van der Waals surface area contributed by atoms with Crippen LogP contribution in [0.15, 0.2) is 41.4 Å². The number of unbranched alkanes of at least 4 members (excludes halogenated alkanes) is 1. The van der Waals surface area contributed by atoms with Crippen molar-refractivity contribution in [1.82, 2.24) is 10.6 Å². The van der Waals surface area contributed by atoms with E-state index in [4.69, 9.17) is 4.74 Å². The maximum absolute atomic E-state index is 5.34. The lowest BCUT2D eigenvalue weighted by Gasteiger charge is -2.19. The van der Waals surface area contributed by atoms with Gasteiger partial charge in [0.1, 0.15) is 0 Å². The molecular weight excluding hydrogens is 427 g/mol. The van der Waals surface area contributed by atoms with Gasteiger partial charge in [0.2, 0.25) is 0 Å². The number of ether oxygens (including phenoxy) is 1. The smallest absolute Gasteiger partial charge is 0.191 e. The highest BCUT2D eigenvalue weighted by molar-refractivity contribution is 14.0. The van der Waals surface area contributed by atoms with E-state index in [2.05, 4.69) is 56.9 Å². The number of halogens is 1. The van der Waals surface area contributed by atoms with Gasteiger partial charge in [-0.3, -0.25) is 4.99 Å². The molecule has 5 nitrogen and oxygen atoms in total. The second-order valence-electron chi connectivity index (χ2n) is 5.80. The number of anilines is 1. The van der Waals surface area contributed by atoms with E-state index < -0.39 is 0 Å². The van der Waals surface area contributed by atoms with Crippen molar-refractivity contribution in [2.75, 3.05) is 44.8 Å². The van der Waals surface area contributed by atoms with E-state index in [1.165, 1.54) is 11.3 Å². The molecule has 1 aliphatic rings. The second kappa shape index (κ2) is 13.0. The van der Waals surface area contributed by atoms with Crippen molar-refractivity contribution in [3.63, 3.8) is 0 Å². The van der Waals surface area contributed by atoms with Gasteiger partial charge in [-0.05, 0) is 37.5 Å². The van der Waals surface area contributed by atoms with Crippen molar-refractivity contribution >= 4 is 35.6 Å². The summed E-state index contributed by atoms with van der Waals surface area (Å²) in [4.78, 5) is 6.64. The molecule has 2 rings (SSSR count). The number of rotatable bonds is 9. The number of hydrogen-bond donors (Lipinski definition) is 2. The molecule has 1 aromatic carbocycles. The average molecular weight is 458 g/mol. The minimum absolute atomic E-state index is 0. The molecule has 0 aromatic heterocycles. The predicted octanol–water partition coefficient (Wildman–Crippen LogP) is 3.16. The molecular formula is C19H31IN4O. The Balaban J connectivity index is 0.00000312. The normalized spacial score (nSPS) is 13.7. The standard InChI is InChI=1S/C19H30N4O.HI/c1-3-24-14-7-4-11-21-19(20-2)22-16-17-9-8-10-18(15-17)23-12-5-6-13-23;/h5-6,8-10,15H,3-4,7,11-14,16H2,1-2H3,(H2,20,21,22);1H. The first-order chi connectivity index (χ1) is 11.8. The van der Waals surface area contributed by atoms with Gasteiger partial charge in [-0.15, -0.1) is 24.0 Å². The summed E-state index contributed by atoms with van der Waals surface area (Å²) in [6, 6.07) is 8.68. The largest absolute Gasteiger partial charge is 0.382 e. The summed E-state index contributed by atoms with van der Waals surface area (Å²) < 4.78 is 5.34. The van der Waals surface area contributed by atoms with Gasteiger partial charge in [0.05, 0.1) is 0 Å². The van der Waals surface area contributed by atoms with Crippen molar-refractivity contribution in [2.45, 2.75) is 26.3 Å². The lowest BCUT2D eigenvalue weighted by atomic mass is 10.2. The lowest BCUT2D eigenvalue weighted by molar-refractivity contribution is 0.143. The first-order valence-corrected chi connectivity index (χ1v) is 8.84. The van der Waals surface area contributed by atoms with Crippen molar-refractivity contribution in [3.05, 3.63) is 42.0 Å². The highest BCUT2D eigenvalue weighted by atomic mass is 127. The zero-order valence-corrected chi connectivity index (χ0v) is 17.7. The van der Waals surface area contributed by atoms with Crippen LogP contribution in [0.5, 0.6) is 0 Å². The van der Waals surface area contributed by atoms with Crippen molar-refractivity contribution < 1.29 is 4.74 Å². The van der Waals surface area contributed by atoms with Crippen LogP contribution in [-0.4, -0.2) is 45.9 Å². The van der Waals surface area contributed by atoms with Gasteiger partial charge < -0.3 is 20.3 Å². The molecule has 0 radical (unpaired) electrons. The molecule has 6 heteroatoms. The Kier molecular flexibility index (Phi) is 11.3. The molecule has 0 spiro atoms. The molecule has 0 unspecified atom stereocenters. The molecule has 1 aromatic rings. The maximum Gasteiger partial charge on any atom is 0.191 e. The van der Waals surface area contributed by atoms with Crippen molar-refractivity contribution in [2.24, 2.45) is 4.99 Å². The van der Waals surface area contributed by atoms with Crippen molar-refractivity contribution in [3.8, 4) is 0 Å². The monoisotopic (exact) mass is 458 g/mol. The third-order valence-electron chi connectivity index (χ3n) is 3.99. The van der Waals surface area contributed by atoms with Crippen LogP contribution < -0.4 is 15.5 Å². The number of aliphatic imine (C=N–C) groups is 1. The molecule has 0 bridgehead atoms. The second-order valence-corrected chi connectivity index (χ2v) is 5.80. The van der Waals surface area contributed by atoms with E-state index in [9.17, 15) is 0 Å². The molecule has 0 saturated heterocycles. The van der Waals surface area contributed by atoms with Crippen LogP contribution in [0, 0.1) is 0 Å². The van der Waals surface area contributed by atoms with Gasteiger partial charge in [0, 0.05) is 52.1 Å². The Morgan fingerprint density at radius 1 is 1.20 bits per heavy atom. The number of guanidine groups is 1. The van der Waals surface area contributed by atoms with E-state index in [1.807, 2.05) is 14.0 Å². The third-order valence-corrected chi connectivity index (χ3v) is 3.99. The first-order valence-electron chi connectivity index (χ1n) is 8.84. The number of nitrogens with zero attached hydrogens (tertiary/aromatic N) is 2.